The number of aliphatic imine (C=N–C) groups is 1. The minimum absolute atomic E-state index is 0.170. The summed E-state index contributed by atoms with van der Waals surface area (Å²) < 4.78 is 37.9. The molecule has 1 aromatic heterocycles. The number of hydrogen-bond acceptors (Lipinski definition) is 4. The average molecular weight is 414 g/mol. The Bertz CT molecular complexity index is 771. The van der Waals surface area contributed by atoms with Gasteiger partial charge in [0.05, 0.1) is 6.54 Å². The maximum atomic E-state index is 12.6. The third kappa shape index (κ3) is 6.79. The number of benzene rings is 1. The molecule has 0 aliphatic rings. The Hall–Kier alpha value is -2.13. The standard InChI is InChI=1S/C19H26F3N5S/c1-13(14-8-6-5-7-9-14)27-18(2,3)12-25-17(23-4)24-10-16-26-15(11-28-16)19(20,21)22/h5-9,11,13,27H,10,12H2,1-4H3,(H2,23,24,25). The third-order valence-corrected chi connectivity index (χ3v) is 4.93. The summed E-state index contributed by atoms with van der Waals surface area (Å²) in [7, 11) is 1.62. The molecule has 0 fully saturated rings. The van der Waals surface area contributed by atoms with Crippen LogP contribution in [0.3, 0.4) is 0 Å². The van der Waals surface area contributed by atoms with Gasteiger partial charge in [0.2, 0.25) is 0 Å². The summed E-state index contributed by atoms with van der Waals surface area (Å²) in [5, 5.41) is 11.1. The van der Waals surface area contributed by atoms with Gasteiger partial charge in [-0.25, -0.2) is 4.98 Å². The van der Waals surface area contributed by atoms with Crippen LogP contribution in [0.1, 0.15) is 43.1 Å². The first-order chi connectivity index (χ1) is 13.1. The first-order valence-electron chi connectivity index (χ1n) is 8.89. The second-order valence-corrected chi connectivity index (χ2v) is 8.01. The fraction of sp³-hybridized carbons (Fsp3) is 0.474. The van der Waals surface area contributed by atoms with E-state index in [1.54, 1.807) is 7.05 Å². The van der Waals surface area contributed by atoms with Crippen LogP contribution in [-0.2, 0) is 12.7 Å². The fourth-order valence-corrected chi connectivity index (χ4v) is 3.41. The van der Waals surface area contributed by atoms with Gasteiger partial charge in [-0.2, -0.15) is 13.2 Å². The summed E-state index contributed by atoms with van der Waals surface area (Å²) in [5.41, 5.74) is 0.0946. The molecule has 0 spiro atoms. The molecule has 28 heavy (non-hydrogen) atoms. The van der Waals surface area contributed by atoms with Crippen molar-refractivity contribution in [2.75, 3.05) is 13.6 Å². The molecular formula is C19H26F3N5S. The maximum absolute atomic E-state index is 12.6. The molecule has 0 aliphatic heterocycles. The van der Waals surface area contributed by atoms with Gasteiger partial charge in [-0.3, -0.25) is 4.99 Å². The summed E-state index contributed by atoms with van der Waals surface area (Å²) >= 11 is 0.970. The molecule has 2 aromatic rings. The minimum atomic E-state index is -4.42. The van der Waals surface area contributed by atoms with Crippen LogP contribution in [0.15, 0.2) is 40.7 Å². The van der Waals surface area contributed by atoms with Crippen LogP contribution >= 0.6 is 11.3 Å². The highest BCUT2D eigenvalue weighted by atomic mass is 32.1. The minimum Gasteiger partial charge on any atom is -0.355 e. The van der Waals surface area contributed by atoms with E-state index in [0.29, 0.717) is 17.5 Å². The van der Waals surface area contributed by atoms with Crippen LogP contribution in [-0.4, -0.2) is 30.1 Å². The van der Waals surface area contributed by atoms with Crippen molar-refractivity contribution < 1.29 is 13.2 Å². The average Bonchev–Trinajstić information content (AvgIpc) is 3.11. The predicted octanol–water partition coefficient (Wildman–Crippen LogP) is 3.96. The lowest BCUT2D eigenvalue weighted by Crippen LogP contribution is -2.52. The molecule has 0 amide bonds. The Morgan fingerprint density at radius 3 is 2.43 bits per heavy atom. The zero-order chi connectivity index (χ0) is 20.8. The van der Waals surface area contributed by atoms with Crippen molar-refractivity contribution in [2.45, 2.75) is 45.1 Å². The molecule has 154 valence electrons. The lowest BCUT2D eigenvalue weighted by molar-refractivity contribution is -0.140. The fourth-order valence-electron chi connectivity index (χ4n) is 2.67. The SMILES string of the molecule is CN=C(NCc1nc(C(F)(F)F)cs1)NCC(C)(C)NC(C)c1ccccc1. The largest absolute Gasteiger partial charge is 0.434 e. The first-order valence-corrected chi connectivity index (χ1v) is 9.77. The van der Waals surface area contributed by atoms with E-state index in [-0.39, 0.29) is 18.1 Å². The molecule has 2 rings (SSSR count). The molecule has 0 aliphatic carbocycles. The van der Waals surface area contributed by atoms with E-state index in [1.807, 2.05) is 18.2 Å². The summed E-state index contributed by atoms with van der Waals surface area (Å²) in [6.45, 7) is 7.00. The van der Waals surface area contributed by atoms with Crippen LogP contribution in [0.4, 0.5) is 13.2 Å². The molecule has 0 bridgehead atoms. The van der Waals surface area contributed by atoms with Crippen molar-refractivity contribution in [3.8, 4) is 0 Å². The van der Waals surface area contributed by atoms with Crippen molar-refractivity contribution in [3.63, 3.8) is 0 Å². The van der Waals surface area contributed by atoms with E-state index >= 15 is 0 Å². The Morgan fingerprint density at radius 1 is 1.18 bits per heavy atom. The Morgan fingerprint density at radius 2 is 1.86 bits per heavy atom. The molecular weight excluding hydrogens is 387 g/mol. The summed E-state index contributed by atoms with van der Waals surface area (Å²) in [6.07, 6.45) is -4.42. The number of halogens is 3. The molecule has 1 heterocycles. The Labute approximate surface area is 167 Å². The van der Waals surface area contributed by atoms with Gasteiger partial charge in [0.15, 0.2) is 11.7 Å². The molecule has 1 unspecified atom stereocenters. The van der Waals surface area contributed by atoms with Crippen molar-refractivity contribution in [1.29, 1.82) is 0 Å². The van der Waals surface area contributed by atoms with E-state index in [0.717, 1.165) is 16.7 Å². The lowest BCUT2D eigenvalue weighted by atomic mass is 10.0. The van der Waals surface area contributed by atoms with Crippen molar-refractivity contribution >= 4 is 17.3 Å². The normalized spacial score (nSPS) is 14.0. The second-order valence-electron chi connectivity index (χ2n) is 7.06. The van der Waals surface area contributed by atoms with Gasteiger partial charge in [0.25, 0.3) is 0 Å². The van der Waals surface area contributed by atoms with E-state index in [4.69, 9.17) is 0 Å². The maximum Gasteiger partial charge on any atom is 0.434 e. The van der Waals surface area contributed by atoms with E-state index in [1.165, 1.54) is 5.56 Å². The molecule has 0 saturated carbocycles. The van der Waals surface area contributed by atoms with E-state index in [2.05, 4.69) is 58.8 Å². The second kappa shape index (κ2) is 9.38. The molecule has 1 atom stereocenters. The van der Waals surface area contributed by atoms with Crippen molar-refractivity contribution in [3.05, 3.63) is 52.0 Å². The third-order valence-electron chi connectivity index (χ3n) is 4.08. The van der Waals surface area contributed by atoms with Gasteiger partial charge in [0.1, 0.15) is 5.01 Å². The smallest absolute Gasteiger partial charge is 0.355 e. The van der Waals surface area contributed by atoms with Crippen molar-refractivity contribution in [1.82, 2.24) is 20.9 Å². The van der Waals surface area contributed by atoms with Crippen molar-refractivity contribution in [2.24, 2.45) is 4.99 Å². The number of thiazole rings is 1. The van der Waals surface area contributed by atoms with Crippen LogP contribution in [0.25, 0.3) is 0 Å². The number of nitrogens with zero attached hydrogens (tertiary/aromatic N) is 2. The highest BCUT2D eigenvalue weighted by Gasteiger charge is 2.33. The zero-order valence-corrected chi connectivity index (χ0v) is 17.2. The van der Waals surface area contributed by atoms with Gasteiger partial charge in [-0.15, -0.1) is 11.3 Å². The summed E-state index contributed by atoms with van der Waals surface area (Å²) in [6, 6.07) is 10.3. The Kier molecular flexibility index (Phi) is 7.42. The number of guanidine groups is 1. The Balaban J connectivity index is 1.84. The van der Waals surface area contributed by atoms with Crippen LogP contribution in [0, 0.1) is 0 Å². The molecule has 9 heteroatoms. The highest BCUT2D eigenvalue weighted by molar-refractivity contribution is 7.09. The van der Waals surface area contributed by atoms with Crippen LogP contribution < -0.4 is 16.0 Å². The number of rotatable bonds is 7. The number of aromatic nitrogens is 1. The van der Waals surface area contributed by atoms with Gasteiger partial charge in [-0.05, 0) is 26.3 Å². The first kappa shape index (κ1) is 22.2. The summed E-state index contributed by atoms with van der Waals surface area (Å²) in [5.74, 6) is 0.506. The predicted molar refractivity (Wildman–Crippen MR) is 107 cm³/mol. The van der Waals surface area contributed by atoms with Gasteiger partial charge < -0.3 is 16.0 Å². The molecule has 0 radical (unpaired) electrons. The number of alkyl halides is 3. The zero-order valence-electron chi connectivity index (χ0n) is 16.4. The van der Waals surface area contributed by atoms with E-state index in [9.17, 15) is 13.2 Å². The molecule has 3 N–H and O–H groups in total. The lowest BCUT2D eigenvalue weighted by Gasteiger charge is -2.31. The topological polar surface area (TPSA) is 61.3 Å². The van der Waals surface area contributed by atoms with Gasteiger partial charge >= 0.3 is 6.18 Å². The van der Waals surface area contributed by atoms with Crippen LogP contribution in [0.2, 0.25) is 0 Å². The number of hydrogen-bond donors (Lipinski definition) is 3. The number of nitrogens with one attached hydrogen (secondary N) is 3. The monoisotopic (exact) mass is 413 g/mol. The quantitative estimate of drug-likeness (QED) is 0.475. The molecule has 5 nitrogen and oxygen atoms in total. The summed E-state index contributed by atoms with van der Waals surface area (Å²) in [4.78, 5) is 7.73. The molecule has 0 saturated heterocycles. The van der Waals surface area contributed by atoms with Gasteiger partial charge in [0, 0.05) is 30.6 Å². The van der Waals surface area contributed by atoms with Gasteiger partial charge in [-0.1, -0.05) is 30.3 Å². The molecule has 1 aromatic carbocycles. The highest BCUT2D eigenvalue weighted by Crippen LogP contribution is 2.29. The van der Waals surface area contributed by atoms with E-state index < -0.39 is 11.9 Å². The van der Waals surface area contributed by atoms with Crippen LogP contribution in [0.5, 0.6) is 0 Å².